The average molecular weight is 608 g/mol. The van der Waals surface area contributed by atoms with Crippen LogP contribution in [0.5, 0.6) is 11.5 Å². The van der Waals surface area contributed by atoms with Gasteiger partial charge < -0.3 is 20.1 Å². The number of aryl methyl sites for hydroxylation is 1. The summed E-state index contributed by atoms with van der Waals surface area (Å²) in [5.74, 6) is 6.36. The van der Waals surface area contributed by atoms with Crippen LogP contribution in [0.15, 0.2) is 71.6 Å². The lowest BCUT2D eigenvalue weighted by Crippen LogP contribution is -2.43. The summed E-state index contributed by atoms with van der Waals surface area (Å²) in [4.78, 5) is 37.3. The Balaban J connectivity index is 1.42. The molecule has 3 N–H and O–H groups in total. The highest BCUT2D eigenvalue weighted by molar-refractivity contribution is 8.25. The Hall–Kier alpha value is -4.47. The molecule has 3 aromatic rings. The van der Waals surface area contributed by atoms with Gasteiger partial charge in [-0.15, -0.1) is 0 Å². The Morgan fingerprint density at radius 2 is 1.52 bits per heavy atom. The molecule has 0 saturated carbocycles. The molecule has 1 aliphatic heterocycles. The highest BCUT2D eigenvalue weighted by Gasteiger charge is 2.57. The minimum atomic E-state index is -4.22. The molecule has 1 atom stereocenters. The van der Waals surface area contributed by atoms with Crippen LogP contribution in [0.3, 0.4) is 0 Å². The molecule has 0 bridgehead atoms. The predicted octanol–water partition coefficient (Wildman–Crippen LogP) is 5.33. The molecule has 218 valence electrons. The van der Waals surface area contributed by atoms with E-state index in [9.17, 15) is 22.8 Å². The molecule has 0 radical (unpaired) electrons. The second kappa shape index (κ2) is 13.0. The molecule has 0 spiro atoms. The van der Waals surface area contributed by atoms with Crippen LogP contribution >= 0.6 is 11.8 Å². The zero-order chi connectivity index (χ0) is 30.3. The van der Waals surface area contributed by atoms with Gasteiger partial charge in [-0.1, -0.05) is 17.9 Å². The van der Waals surface area contributed by atoms with Gasteiger partial charge in [-0.05, 0) is 97.8 Å². The number of carbonyl (C=O) groups excluding carboxylic acids is 3. The lowest BCUT2D eigenvalue weighted by atomic mass is 10.1. The van der Waals surface area contributed by atoms with Crippen LogP contribution in [0.25, 0.3) is 0 Å². The first-order chi connectivity index (χ1) is 20.1. The van der Waals surface area contributed by atoms with Gasteiger partial charge in [0.25, 0.3) is 11.1 Å². The molecule has 1 heterocycles. The highest BCUT2D eigenvalue weighted by Crippen LogP contribution is 2.44. The second-order valence-electron chi connectivity index (χ2n) is 9.27. The van der Waals surface area contributed by atoms with Crippen molar-refractivity contribution in [1.29, 1.82) is 0 Å². The van der Waals surface area contributed by atoms with E-state index in [1.165, 1.54) is 31.4 Å². The predicted molar refractivity (Wildman–Crippen MR) is 162 cm³/mol. The number of sulfone groups is 1. The molecule has 12 heteroatoms. The quantitative estimate of drug-likeness (QED) is 0.219. The number of methoxy groups -OCH3 is 2. The molecule has 0 aliphatic carbocycles. The minimum Gasteiger partial charge on any atom is -0.497 e. The van der Waals surface area contributed by atoms with Gasteiger partial charge in [0.2, 0.25) is 13.9 Å². The van der Waals surface area contributed by atoms with Gasteiger partial charge in [0.1, 0.15) is 11.5 Å². The van der Waals surface area contributed by atoms with Gasteiger partial charge in [0.05, 0.1) is 19.1 Å². The van der Waals surface area contributed by atoms with E-state index in [4.69, 9.17) is 9.47 Å². The maximum atomic E-state index is 13.6. The standard InChI is InChI=1S/C30H29N3O7S2/c1-20-8-9-23(32-28(35)31-22-10-12-24(39-2)13-11-22)19-21(20)7-5-4-6-18-30(27(34)33-29(36)41-30)42(37,38)26-16-14-25(40-3)15-17-26/h8-17,19H,4,6,18H2,1-3H3,(H2,31,32,35)(H,33,34,36). The maximum absolute atomic E-state index is 13.6. The molecule has 10 nitrogen and oxygen atoms in total. The fraction of sp³-hybridized carbons (Fsp3) is 0.233. The van der Waals surface area contributed by atoms with E-state index in [1.54, 1.807) is 43.5 Å². The number of imide groups is 1. The fourth-order valence-corrected chi connectivity index (χ4v) is 7.57. The van der Waals surface area contributed by atoms with Gasteiger partial charge >= 0.3 is 6.03 Å². The van der Waals surface area contributed by atoms with Crippen molar-refractivity contribution in [3.8, 4) is 23.3 Å². The first kappa shape index (κ1) is 30.5. The molecule has 3 aromatic carbocycles. The number of ether oxygens (including phenoxy) is 2. The van der Waals surface area contributed by atoms with Crippen LogP contribution in [-0.2, 0) is 14.6 Å². The van der Waals surface area contributed by atoms with Crippen molar-refractivity contribution in [3.63, 3.8) is 0 Å². The zero-order valence-electron chi connectivity index (χ0n) is 23.1. The zero-order valence-corrected chi connectivity index (χ0v) is 24.8. The number of amides is 4. The Kier molecular flexibility index (Phi) is 9.45. The van der Waals surface area contributed by atoms with Gasteiger partial charge in [-0.2, -0.15) is 0 Å². The Bertz CT molecular complexity index is 1660. The van der Waals surface area contributed by atoms with E-state index in [0.717, 1.165) is 5.56 Å². The van der Waals surface area contributed by atoms with Gasteiger partial charge in [-0.25, -0.2) is 13.2 Å². The number of hydrogen-bond donors (Lipinski definition) is 3. The third-order valence-electron chi connectivity index (χ3n) is 6.50. The number of hydrogen-bond acceptors (Lipinski definition) is 8. The van der Waals surface area contributed by atoms with E-state index in [2.05, 4.69) is 27.8 Å². The lowest BCUT2D eigenvalue weighted by Gasteiger charge is -2.24. The molecule has 4 amide bonds. The summed E-state index contributed by atoms with van der Waals surface area (Å²) in [6.07, 6.45) is 0.415. The maximum Gasteiger partial charge on any atom is 0.323 e. The smallest absolute Gasteiger partial charge is 0.323 e. The van der Waals surface area contributed by atoms with E-state index in [1.807, 2.05) is 13.0 Å². The van der Waals surface area contributed by atoms with E-state index in [0.29, 0.717) is 40.2 Å². The Labute approximate surface area is 248 Å². The highest BCUT2D eigenvalue weighted by atomic mass is 32.3. The molecule has 1 fully saturated rings. The van der Waals surface area contributed by atoms with Crippen molar-refractivity contribution in [2.75, 3.05) is 24.9 Å². The molecule has 1 aliphatic rings. The first-order valence-corrected chi connectivity index (χ1v) is 15.1. The normalized spacial score (nSPS) is 16.2. The van der Waals surface area contributed by atoms with Crippen molar-refractivity contribution < 1.29 is 32.3 Å². The fourth-order valence-electron chi connectivity index (χ4n) is 4.20. The van der Waals surface area contributed by atoms with Crippen LogP contribution < -0.4 is 25.4 Å². The topological polar surface area (TPSA) is 140 Å². The Morgan fingerprint density at radius 1 is 0.929 bits per heavy atom. The first-order valence-electron chi connectivity index (χ1n) is 12.8. The van der Waals surface area contributed by atoms with Crippen LogP contribution in [0.1, 0.15) is 30.4 Å². The number of benzene rings is 3. The van der Waals surface area contributed by atoms with Crippen molar-refractivity contribution >= 4 is 50.2 Å². The molecule has 0 aromatic heterocycles. The number of anilines is 2. The summed E-state index contributed by atoms with van der Waals surface area (Å²) >= 11 is 0.480. The van der Waals surface area contributed by atoms with Crippen molar-refractivity contribution in [1.82, 2.24) is 5.32 Å². The largest absolute Gasteiger partial charge is 0.497 e. The van der Waals surface area contributed by atoms with E-state index in [-0.39, 0.29) is 24.2 Å². The lowest BCUT2D eigenvalue weighted by molar-refractivity contribution is -0.120. The number of carbonyl (C=O) groups is 3. The van der Waals surface area contributed by atoms with Gasteiger partial charge in [0.15, 0.2) is 0 Å². The number of unbranched alkanes of at least 4 members (excludes halogenated alkanes) is 1. The summed E-state index contributed by atoms with van der Waals surface area (Å²) in [6, 6.07) is 17.5. The SMILES string of the molecule is COc1ccc(NC(=O)Nc2ccc(C)c(C#CCCCC3(S(=O)(=O)c4ccc(OC)cc4)SC(=O)NC3=O)c2)cc1. The third kappa shape index (κ3) is 6.70. The van der Waals surface area contributed by atoms with Crippen LogP contribution in [0.2, 0.25) is 0 Å². The van der Waals surface area contributed by atoms with Gasteiger partial charge in [-0.3, -0.25) is 14.9 Å². The summed E-state index contributed by atoms with van der Waals surface area (Å²) in [7, 11) is -1.20. The van der Waals surface area contributed by atoms with Crippen molar-refractivity contribution in [2.24, 2.45) is 0 Å². The second-order valence-corrected chi connectivity index (χ2v) is 13.0. The summed E-state index contributed by atoms with van der Waals surface area (Å²) in [6.45, 7) is 1.88. The number of urea groups is 1. The van der Waals surface area contributed by atoms with Crippen molar-refractivity contribution in [2.45, 2.75) is 35.2 Å². The summed E-state index contributed by atoms with van der Waals surface area (Å²) < 4.78 is 35.3. The molecule has 1 unspecified atom stereocenters. The van der Waals surface area contributed by atoms with E-state index >= 15 is 0 Å². The number of rotatable bonds is 9. The van der Waals surface area contributed by atoms with Gasteiger partial charge in [0, 0.05) is 23.4 Å². The van der Waals surface area contributed by atoms with Crippen LogP contribution in [0.4, 0.5) is 21.0 Å². The number of thioether (sulfide) groups is 1. The average Bonchev–Trinajstić information content (AvgIpc) is 3.28. The summed E-state index contributed by atoms with van der Waals surface area (Å²) in [5, 5.41) is 6.94. The molecular weight excluding hydrogens is 578 g/mol. The molecule has 42 heavy (non-hydrogen) atoms. The third-order valence-corrected chi connectivity index (χ3v) is 10.6. The monoisotopic (exact) mass is 607 g/mol. The van der Waals surface area contributed by atoms with Crippen molar-refractivity contribution in [3.05, 3.63) is 77.9 Å². The molecule has 4 rings (SSSR count). The minimum absolute atomic E-state index is 0.0808. The Morgan fingerprint density at radius 3 is 2.12 bits per heavy atom. The van der Waals surface area contributed by atoms with Crippen LogP contribution in [-0.4, -0.2) is 43.9 Å². The number of nitrogens with one attached hydrogen (secondary N) is 3. The summed E-state index contributed by atoms with van der Waals surface area (Å²) in [5.41, 5.74) is 2.71. The molecular formula is C30H29N3O7S2. The van der Waals surface area contributed by atoms with Crippen LogP contribution in [0, 0.1) is 18.8 Å². The molecule has 1 saturated heterocycles. The van der Waals surface area contributed by atoms with E-state index < -0.39 is 31.1 Å².